The maximum Gasteiger partial charge on any atom is 0.223 e. The molecule has 0 bridgehead atoms. The zero-order valence-electron chi connectivity index (χ0n) is 12.8. The number of benzene rings is 1. The molecule has 0 aliphatic carbocycles. The van der Waals surface area contributed by atoms with E-state index in [1.807, 2.05) is 31.2 Å². The molecule has 2 aromatic rings. The van der Waals surface area contributed by atoms with Crippen LogP contribution in [0.25, 0.3) is 0 Å². The Morgan fingerprint density at radius 3 is 2.86 bits per heavy atom. The van der Waals surface area contributed by atoms with E-state index in [9.17, 15) is 0 Å². The van der Waals surface area contributed by atoms with Gasteiger partial charge in [0.2, 0.25) is 5.95 Å². The van der Waals surface area contributed by atoms with Crippen molar-refractivity contribution in [2.75, 3.05) is 11.9 Å². The Bertz CT molecular complexity index is 640. The van der Waals surface area contributed by atoms with E-state index >= 15 is 0 Å². The van der Waals surface area contributed by atoms with Crippen molar-refractivity contribution in [3.8, 4) is 5.75 Å². The molecule has 1 aliphatic heterocycles. The predicted molar refractivity (Wildman–Crippen MR) is 83.8 cm³/mol. The van der Waals surface area contributed by atoms with E-state index in [-0.39, 0.29) is 6.04 Å². The molecule has 0 saturated carbocycles. The molecule has 0 amide bonds. The van der Waals surface area contributed by atoms with E-state index in [4.69, 9.17) is 4.74 Å². The molecule has 0 fully saturated rings. The molecule has 110 valence electrons. The number of para-hydroxylation sites is 1. The highest BCUT2D eigenvalue weighted by atomic mass is 16.5. The average molecular weight is 283 g/mol. The maximum absolute atomic E-state index is 5.70. The van der Waals surface area contributed by atoms with Gasteiger partial charge in [0.25, 0.3) is 0 Å². The third kappa shape index (κ3) is 2.99. The molecular weight excluding hydrogens is 262 g/mol. The van der Waals surface area contributed by atoms with Gasteiger partial charge < -0.3 is 10.1 Å². The topological polar surface area (TPSA) is 47.0 Å². The van der Waals surface area contributed by atoms with E-state index in [1.165, 1.54) is 5.56 Å². The normalized spacial score (nSPS) is 17.2. The van der Waals surface area contributed by atoms with Crippen molar-refractivity contribution in [1.82, 2.24) is 9.97 Å². The Kier molecular flexibility index (Phi) is 3.78. The van der Waals surface area contributed by atoms with Gasteiger partial charge in [-0.25, -0.2) is 9.97 Å². The van der Waals surface area contributed by atoms with Crippen LogP contribution in [0.5, 0.6) is 5.75 Å². The van der Waals surface area contributed by atoms with Gasteiger partial charge in [0.05, 0.1) is 12.6 Å². The number of fused-ring (bicyclic) bond motifs is 1. The molecule has 0 saturated heterocycles. The summed E-state index contributed by atoms with van der Waals surface area (Å²) in [5.74, 6) is 2.06. The van der Waals surface area contributed by atoms with Gasteiger partial charge in [0, 0.05) is 23.4 Å². The molecule has 1 aliphatic rings. The Morgan fingerprint density at radius 2 is 2.05 bits per heavy atom. The van der Waals surface area contributed by atoms with Crippen LogP contribution in [-0.4, -0.2) is 16.6 Å². The summed E-state index contributed by atoms with van der Waals surface area (Å²) in [4.78, 5) is 9.16. The molecule has 1 atom stereocenters. The highest BCUT2D eigenvalue weighted by Crippen LogP contribution is 2.33. The summed E-state index contributed by atoms with van der Waals surface area (Å²) < 4.78 is 5.70. The predicted octanol–water partition coefficient (Wildman–Crippen LogP) is 3.84. The highest BCUT2D eigenvalue weighted by molar-refractivity contribution is 5.42. The number of hydrogen-bond donors (Lipinski definition) is 1. The van der Waals surface area contributed by atoms with E-state index in [0.29, 0.717) is 11.9 Å². The van der Waals surface area contributed by atoms with E-state index in [2.05, 4.69) is 35.2 Å². The third-order valence-corrected chi connectivity index (χ3v) is 3.73. The molecule has 2 heterocycles. The minimum atomic E-state index is 0.205. The zero-order chi connectivity index (χ0) is 14.8. The lowest BCUT2D eigenvalue weighted by atomic mass is 10.0. The van der Waals surface area contributed by atoms with Gasteiger partial charge in [-0.3, -0.25) is 0 Å². The van der Waals surface area contributed by atoms with Crippen molar-refractivity contribution in [1.29, 1.82) is 0 Å². The highest BCUT2D eigenvalue weighted by Gasteiger charge is 2.21. The second-order valence-corrected chi connectivity index (χ2v) is 5.78. The van der Waals surface area contributed by atoms with Gasteiger partial charge in [-0.2, -0.15) is 0 Å². The number of anilines is 1. The number of nitrogens with zero attached hydrogens (tertiary/aromatic N) is 2. The summed E-state index contributed by atoms with van der Waals surface area (Å²) >= 11 is 0. The fourth-order valence-electron chi connectivity index (χ4n) is 2.60. The molecule has 4 heteroatoms. The molecule has 4 nitrogen and oxygen atoms in total. The average Bonchev–Trinajstić information content (AvgIpc) is 2.47. The van der Waals surface area contributed by atoms with Crippen LogP contribution in [0, 0.1) is 6.92 Å². The molecule has 1 aromatic heterocycles. The van der Waals surface area contributed by atoms with Crippen molar-refractivity contribution in [2.45, 2.75) is 39.2 Å². The van der Waals surface area contributed by atoms with Crippen molar-refractivity contribution in [3.05, 3.63) is 47.3 Å². The number of nitrogens with one attached hydrogen (secondary N) is 1. The summed E-state index contributed by atoms with van der Waals surface area (Å²) in [6, 6.07) is 10.4. The van der Waals surface area contributed by atoms with Crippen LogP contribution in [0.3, 0.4) is 0 Å². The van der Waals surface area contributed by atoms with E-state index < -0.39 is 0 Å². The van der Waals surface area contributed by atoms with Gasteiger partial charge >= 0.3 is 0 Å². The largest absolute Gasteiger partial charge is 0.493 e. The van der Waals surface area contributed by atoms with Gasteiger partial charge in [-0.05, 0) is 25.0 Å². The fourth-order valence-corrected chi connectivity index (χ4v) is 2.60. The molecule has 1 N–H and O–H groups in total. The van der Waals surface area contributed by atoms with Gasteiger partial charge in [-0.15, -0.1) is 0 Å². The molecule has 0 radical (unpaired) electrons. The van der Waals surface area contributed by atoms with Crippen molar-refractivity contribution in [3.63, 3.8) is 0 Å². The summed E-state index contributed by atoms with van der Waals surface area (Å²) in [6.45, 7) is 7.03. The van der Waals surface area contributed by atoms with Crippen LogP contribution in [-0.2, 0) is 0 Å². The minimum absolute atomic E-state index is 0.205. The summed E-state index contributed by atoms with van der Waals surface area (Å²) in [5, 5.41) is 3.47. The van der Waals surface area contributed by atoms with Crippen molar-refractivity contribution >= 4 is 5.95 Å². The molecule has 21 heavy (non-hydrogen) atoms. The van der Waals surface area contributed by atoms with Crippen molar-refractivity contribution < 1.29 is 4.74 Å². The zero-order valence-corrected chi connectivity index (χ0v) is 12.8. The fraction of sp³-hybridized carbons (Fsp3) is 0.412. The SMILES string of the molecule is Cc1cc(C(C)C)nc(NC2CCOc3ccccc32)n1. The number of aromatic nitrogens is 2. The lowest BCUT2D eigenvalue weighted by molar-refractivity contribution is 0.274. The first-order valence-electron chi connectivity index (χ1n) is 7.47. The quantitative estimate of drug-likeness (QED) is 0.929. The number of aryl methyl sites for hydroxylation is 1. The van der Waals surface area contributed by atoms with E-state index in [0.717, 1.165) is 30.2 Å². The summed E-state index contributed by atoms with van der Waals surface area (Å²) in [6.07, 6.45) is 0.922. The first-order valence-corrected chi connectivity index (χ1v) is 7.47. The van der Waals surface area contributed by atoms with Crippen LogP contribution in [0.1, 0.15) is 49.2 Å². The lowest BCUT2D eigenvalue weighted by Gasteiger charge is -2.26. The second kappa shape index (κ2) is 5.72. The lowest BCUT2D eigenvalue weighted by Crippen LogP contribution is -2.21. The Balaban J connectivity index is 1.88. The van der Waals surface area contributed by atoms with Gasteiger partial charge in [-0.1, -0.05) is 32.0 Å². The second-order valence-electron chi connectivity index (χ2n) is 5.78. The monoisotopic (exact) mass is 283 g/mol. The Labute approximate surface area is 125 Å². The summed E-state index contributed by atoms with van der Waals surface area (Å²) in [7, 11) is 0. The molecule has 0 spiro atoms. The van der Waals surface area contributed by atoms with Gasteiger partial charge in [0.1, 0.15) is 5.75 Å². The maximum atomic E-state index is 5.70. The molecule has 3 rings (SSSR count). The number of ether oxygens (including phenoxy) is 1. The first-order chi connectivity index (χ1) is 10.1. The van der Waals surface area contributed by atoms with Crippen LogP contribution >= 0.6 is 0 Å². The number of rotatable bonds is 3. The molecule has 1 aromatic carbocycles. The Hall–Kier alpha value is -2.10. The smallest absolute Gasteiger partial charge is 0.223 e. The number of hydrogen-bond acceptors (Lipinski definition) is 4. The van der Waals surface area contributed by atoms with Gasteiger partial charge in [0.15, 0.2) is 0 Å². The van der Waals surface area contributed by atoms with Crippen LogP contribution in [0.2, 0.25) is 0 Å². The van der Waals surface area contributed by atoms with E-state index in [1.54, 1.807) is 0 Å². The molecule has 1 unspecified atom stereocenters. The van der Waals surface area contributed by atoms with Crippen molar-refractivity contribution in [2.24, 2.45) is 0 Å². The standard InChI is InChI=1S/C17H21N3O/c1-11(2)15-10-12(3)18-17(20-15)19-14-8-9-21-16-7-5-4-6-13(14)16/h4-7,10-11,14H,8-9H2,1-3H3,(H,18,19,20). The third-order valence-electron chi connectivity index (χ3n) is 3.73. The van der Waals surface area contributed by atoms with Crippen LogP contribution in [0.15, 0.2) is 30.3 Å². The minimum Gasteiger partial charge on any atom is -0.493 e. The summed E-state index contributed by atoms with van der Waals surface area (Å²) in [5.41, 5.74) is 3.25. The first kappa shape index (κ1) is 13.9. The van der Waals surface area contributed by atoms with Crippen LogP contribution < -0.4 is 10.1 Å². The molecular formula is C17H21N3O. The Morgan fingerprint density at radius 1 is 1.24 bits per heavy atom. The van der Waals surface area contributed by atoms with Crippen LogP contribution in [0.4, 0.5) is 5.95 Å².